The van der Waals surface area contributed by atoms with Crippen LogP contribution in [0.2, 0.25) is 0 Å². The standard InChI is InChI=1S/C8H15N3O/c1-8(2,5-12)6(9)7-10-3-4-11-7/h3-4,6,12H,5,9H2,1-2H3,(H,10,11)/t6-/m1/s1. The summed E-state index contributed by atoms with van der Waals surface area (Å²) in [6, 6.07) is -0.252. The number of rotatable bonds is 3. The Labute approximate surface area is 71.8 Å². The molecular formula is C8H15N3O. The average Bonchev–Trinajstić information content (AvgIpc) is 2.55. The number of imidazole rings is 1. The van der Waals surface area contributed by atoms with Gasteiger partial charge < -0.3 is 15.8 Å². The van der Waals surface area contributed by atoms with Crippen LogP contribution in [0.4, 0.5) is 0 Å². The zero-order valence-electron chi connectivity index (χ0n) is 7.41. The smallest absolute Gasteiger partial charge is 0.123 e. The van der Waals surface area contributed by atoms with Gasteiger partial charge in [-0.25, -0.2) is 4.98 Å². The molecule has 1 aromatic rings. The first kappa shape index (κ1) is 9.22. The van der Waals surface area contributed by atoms with Crippen molar-refractivity contribution in [3.05, 3.63) is 18.2 Å². The SMILES string of the molecule is CC(C)(CO)[C@H](N)c1ncc[nH]1. The monoisotopic (exact) mass is 169 g/mol. The minimum atomic E-state index is -0.335. The minimum absolute atomic E-state index is 0.0505. The Balaban J connectivity index is 2.78. The molecule has 12 heavy (non-hydrogen) atoms. The number of nitrogens with two attached hydrogens (primary N) is 1. The molecule has 0 spiro atoms. The fourth-order valence-electron chi connectivity index (χ4n) is 0.916. The summed E-state index contributed by atoms with van der Waals surface area (Å²) in [7, 11) is 0. The van der Waals surface area contributed by atoms with E-state index in [9.17, 15) is 0 Å². The Morgan fingerprint density at radius 3 is 2.83 bits per heavy atom. The average molecular weight is 169 g/mol. The predicted molar refractivity (Wildman–Crippen MR) is 46.4 cm³/mol. The lowest BCUT2D eigenvalue weighted by Crippen LogP contribution is -2.33. The molecule has 4 heteroatoms. The van der Waals surface area contributed by atoms with Crippen molar-refractivity contribution >= 4 is 0 Å². The van der Waals surface area contributed by atoms with E-state index >= 15 is 0 Å². The third-order valence-electron chi connectivity index (χ3n) is 2.06. The molecule has 0 aliphatic heterocycles. The highest BCUT2D eigenvalue weighted by Crippen LogP contribution is 2.28. The molecule has 0 bridgehead atoms. The highest BCUT2D eigenvalue weighted by Gasteiger charge is 2.28. The number of nitrogens with zero attached hydrogens (tertiary/aromatic N) is 1. The van der Waals surface area contributed by atoms with Crippen LogP contribution >= 0.6 is 0 Å². The van der Waals surface area contributed by atoms with Gasteiger partial charge in [0.2, 0.25) is 0 Å². The van der Waals surface area contributed by atoms with Crippen LogP contribution in [0, 0.1) is 5.41 Å². The van der Waals surface area contributed by atoms with Crippen molar-refractivity contribution in [3.63, 3.8) is 0 Å². The first-order chi connectivity index (χ1) is 5.58. The fourth-order valence-corrected chi connectivity index (χ4v) is 0.916. The van der Waals surface area contributed by atoms with Gasteiger partial charge in [-0.1, -0.05) is 13.8 Å². The normalized spacial score (nSPS) is 14.7. The molecule has 0 saturated heterocycles. The van der Waals surface area contributed by atoms with Crippen LogP contribution in [0.5, 0.6) is 0 Å². The van der Waals surface area contributed by atoms with Crippen molar-refractivity contribution in [3.8, 4) is 0 Å². The molecule has 0 radical (unpaired) electrons. The minimum Gasteiger partial charge on any atom is -0.396 e. The van der Waals surface area contributed by atoms with E-state index < -0.39 is 0 Å². The summed E-state index contributed by atoms with van der Waals surface area (Å²) in [5, 5.41) is 9.04. The number of aliphatic hydroxyl groups excluding tert-OH is 1. The van der Waals surface area contributed by atoms with Gasteiger partial charge in [0, 0.05) is 17.8 Å². The number of aromatic nitrogens is 2. The third kappa shape index (κ3) is 1.65. The van der Waals surface area contributed by atoms with Gasteiger partial charge in [0.25, 0.3) is 0 Å². The van der Waals surface area contributed by atoms with Crippen LogP contribution in [0.3, 0.4) is 0 Å². The summed E-state index contributed by atoms with van der Waals surface area (Å²) in [6.45, 7) is 3.86. The van der Waals surface area contributed by atoms with Crippen molar-refractivity contribution in [2.24, 2.45) is 11.1 Å². The van der Waals surface area contributed by atoms with Crippen LogP contribution in [0.25, 0.3) is 0 Å². The van der Waals surface area contributed by atoms with Gasteiger partial charge in [0.05, 0.1) is 12.6 Å². The Kier molecular flexibility index (Phi) is 2.49. The predicted octanol–water partition coefficient (Wildman–Crippen LogP) is 0.428. The van der Waals surface area contributed by atoms with Crippen molar-refractivity contribution in [2.75, 3.05) is 6.61 Å². The number of H-pyrrole nitrogens is 1. The van der Waals surface area contributed by atoms with E-state index in [2.05, 4.69) is 9.97 Å². The van der Waals surface area contributed by atoms with E-state index in [0.717, 1.165) is 0 Å². The first-order valence-electron chi connectivity index (χ1n) is 3.93. The lowest BCUT2D eigenvalue weighted by atomic mass is 9.85. The number of nitrogens with one attached hydrogen (secondary N) is 1. The van der Waals surface area contributed by atoms with Gasteiger partial charge in [0.1, 0.15) is 5.82 Å². The largest absolute Gasteiger partial charge is 0.396 e. The van der Waals surface area contributed by atoms with E-state index in [-0.39, 0.29) is 18.1 Å². The molecular weight excluding hydrogens is 154 g/mol. The second-order valence-corrected chi connectivity index (χ2v) is 3.60. The molecule has 4 N–H and O–H groups in total. The molecule has 1 heterocycles. The van der Waals surface area contributed by atoms with Crippen molar-refractivity contribution in [2.45, 2.75) is 19.9 Å². The topological polar surface area (TPSA) is 74.9 Å². The summed E-state index contributed by atoms with van der Waals surface area (Å²) in [6.07, 6.45) is 3.38. The second kappa shape index (κ2) is 3.25. The molecule has 0 amide bonds. The second-order valence-electron chi connectivity index (χ2n) is 3.60. The summed E-state index contributed by atoms with van der Waals surface area (Å²) in [5.74, 6) is 0.717. The Hall–Kier alpha value is -0.870. The number of hydrogen-bond acceptors (Lipinski definition) is 3. The van der Waals surface area contributed by atoms with Crippen LogP contribution in [0.15, 0.2) is 12.4 Å². The molecule has 1 rings (SSSR count). The van der Waals surface area contributed by atoms with Crippen molar-refractivity contribution < 1.29 is 5.11 Å². The van der Waals surface area contributed by atoms with Gasteiger partial charge in [-0.2, -0.15) is 0 Å². The maximum Gasteiger partial charge on any atom is 0.123 e. The molecule has 4 nitrogen and oxygen atoms in total. The number of aliphatic hydroxyl groups is 1. The molecule has 0 fully saturated rings. The van der Waals surface area contributed by atoms with E-state index in [0.29, 0.717) is 5.82 Å². The lowest BCUT2D eigenvalue weighted by Gasteiger charge is -2.27. The maximum absolute atomic E-state index is 9.04. The van der Waals surface area contributed by atoms with Crippen LogP contribution < -0.4 is 5.73 Å². The summed E-state index contributed by atoms with van der Waals surface area (Å²) < 4.78 is 0. The van der Waals surface area contributed by atoms with Crippen LogP contribution in [-0.4, -0.2) is 21.7 Å². The number of aromatic amines is 1. The van der Waals surface area contributed by atoms with E-state index in [1.165, 1.54) is 0 Å². The molecule has 0 aliphatic rings. The van der Waals surface area contributed by atoms with Gasteiger partial charge >= 0.3 is 0 Å². The molecule has 68 valence electrons. The zero-order chi connectivity index (χ0) is 9.19. The third-order valence-corrected chi connectivity index (χ3v) is 2.06. The lowest BCUT2D eigenvalue weighted by molar-refractivity contribution is 0.129. The van der Waals surface area contributed by atoms with Crippen LogP contribution in [-0.2, 0) is 0 Å². The van der Waals surface area contributed by atoms with E-state index in [1.807, 2.05) is 13.8 Å². The molecule has 0 unspecified atom stereocenters. The van der Waals surface area contributed by atoms with Crippen molar-refractivity contribution in [1.29, 1.82) is 0 Å². The Morgan fingerprint density at radius 2 is 2.42 bits per heavy atom. The van der Waals surface area contributed by atoms with Gasteiger partial charge in [-0.15, -0.1) is 0 Å². The quantitative estimate of drug-likeness (QED) is 0.614. The van der Waals surface area contributed by atoms with E-state index in [1.54, 1.807) is 12.4 Å². The van der Waals surface area contributed by atoms with Gasteiger partial charge in [0.15, 0.2) is 0 Å². The summed E-state index contributed by atoms with van der Waals surface area (Å²) in [5.41, 5.74) is 5.54. The van der Waals surface area contributed by atoms with Crippen molar-refractivity contribution in [1.82, 2.24) is 9.97 Å². The fraction of sp³-hybridized carbons (Fsp3) is 0.625. The summed E-state index contributed by atoms with van der Waals surface area (Å²) in [4.78, 5) is 6.97. The molecule has 0 saturated carbocycles. The maximum atomic E-state index is 9.04. The van der Waals surface area contributed by atoms with Gasteiger partial charge in [-0.3, -0.25) is 0 Å². The molecule has 1 aromatic heterocycles. The van der Waals surface area contributed by atoms with E-state index in [4.69, 9.17) is 10.8 Å². The Morgan fingerprint density at radius 1 is 1.75 bits per heavy atom. The molecule has 0 aliphatic carbocycles. The highest BCUT2D eigenvalue weighted by atomic mass is 16.3. The van der Waals surface area contributed by atoms with Crippen LogP contribution in [0.1, 0.15) is 25.7 Å². The zero-order valence-corrected chi connectivity index (χ0v) is 7.41. The number of hydrogen-bond donors (Lipinski definition) is 3. The van der Waals surface area contributed by atoms with Gasteiger partial charge in [-0.05, 0) is 0 Å². The molecule has 0 aromatic carbocycles. The summed E-state index contributed by atoms with van der Waals surface area (Å²) >= 11 is 0. The first-order valence-corrected chi connectivity index (χ1v) is 3.93. The Bertz CT molecular complexity index is 230. The highest BCUT2D eigenvalue weighted by molar-refractivity contribution is 5.00. The molecule has 1 atom stereocenters.